The van der Waals surface area contributed by atoms with E-state index in [1.165, 1.54) is 32.0 Å². The maximum absolute atomic E-state index is 13.5. The van der Waals surface area contributed by atoms with E-state index < -0.39 is 0 Å². The number of benzene rings is 1. The first-order valence-corrected chi connectivity index (χ1v) is 12.1. The van der Waals surface area contributed by atoms with Crippen LogP contribution in [0.25, 0.3) is 11.3 Å². The number of aromatic nitrogens is 3. The van der Waals surface area contributed by atoms with Crippen LogP contribution in [0.5, 0.6) is 5.88 Å². The van der Waals surface area contributed by atoms with Gasteiger partial charge in [-0.05, 0) is 50.5 Å². The molecule has 0 spiro atoms. The number of ether oxygens (including phenoxy) is 1. The van der Waals surface area contributed by atoms with Crippen molar-refractivity contribution in [2.24, 2.45) is 0 Å². The summed E-state index contributed by atoms with van der Waals surface area (Å²) in [6.45, 7) is 5.05. The molecule has 0 aliphatic carbocycles. The molecular formula is C26H31N7O2. The second-order valence-corrected chi connectivity index (χ2v) is 9.09. The van der Waals surface area contributed by atoms with Gasteiger partial charge in [0.1, 0.15) is 12.1 Å². The van der Waals surface area contributed by atoms with Crippen LogP contribution in [0.3, 0.4) is 0 Å². The Balaban J connectivity index is 1.51. The van der Waals surface area contributed by atoms with Gasteiger partial charge in [0.25, 0.3) is 0 Å². The third-order valence-corrected chi connectivity index (χ3v) is 6.74. The van der Waals surface area contributed by atoms with Crippen LogP contribution < -0.4 is 24.8 Å². The number of nitrogens with zero attached hydrogens (tertiary/aromatic N) is 6. The van der Waals surface area contributed by atoms with Gasteiger partial charge in [0.15, 0.2) is 5.82 Å². The second kappa shape index (κ2) is 9.77. The number of nitrogens with one attached hydrogen (secondary N) is 1. The Hall–Kier alpha value is -3.88. The van der Waals surface area contributed by atoms with Gasteiger partial charge < -0.3 is 14.5 Å². The molecule has 1 saturated heterocycles. The van der Waals surface area contributed by atoms with E-state index in [1.807, 2.05) is 20.0 Å². The first-order chi connectivity index (χ1) is 17.0. The molecule has 0 saturated carbocycles. The average Bonchev–Trinajstić information content (AvgIpc) is 3.39. The number of hydrogen-bond donors (Lipinski definition) is 1. The molecule has 4 heterocycles. The molecular weight excluding hydrogens is 442 g/mol. The largest absolute Gasteiger partial charge is 0.481 e. The Labute approximate surface area is 205 Å². The van der Waals surface area contributed by atoms with Gasteiger partial charge in [-0.2, -0.15) is 0 Å². The fourth-order valence-electron chi connectivity index (χ4n) is 4.74. The van der Waals surface area contributed by atoms with Gasteiger partial charge in [-0.1, -0.05) is 12.1 Å². The first kappa shape index (κ1) is 22.9. The van der Waals surface area contributed by atoms with E-state index in [4.69, 9.17) is 9.72 Å². The molecule has 2 aliphatic heterocycles. The lowest BCUT2D eigenvalue weighted by Gasteiger charge is -2.28. The van der Waals surface area contributed by atoms with E-state index in [1.54, 1.807) is 11.0 Å². The standard InChI is InChI=1S/C26H31N7O2/c1-18-11-14-31(2)22-10-9-21(19-7-6-8-20(15-19)32-12-4-5-13-32)29-25(22)33(18)26(34)30-23-16-24(35-3)28-17-27-23/h6-10,15-18H,4-5,11-14H2,1-3H3,(H,27,28,30,34)/t18-/m1/s1. The Morgan fingerprint density at radius 1 is 1.09 bits per heavy atom. The summed E-state index contributed by atoms with van der Waals surface area (Å²) < 4.78 is 5.17. The second-order valence-electron chi connectivity index (χ2n) is 9.09. The van der Waals surface area contributed by atoms with Crippen molar-refractivity contribution in [2.75, 3.05) is 53.8 Å². The minimum Gasteiger partial charge on any atom is -0.481 e. The van der Waals surface area contributed by atoms with Crippen molar-refractivity contribution in [3.05, 3.63) is 48.8 Å². The Morgan fingerprint density at radius 2 is 1.91 bits per heavy atom. The normalized spacial score (nSPS) is 17.7. The number of anilines is 4. The fraction of sp³-hybridized carbons (Fsp3) is 0.385. The summed E-state index contributed by atoms with van der Waals surface area (Å²) >= 11 is 0. The summed E-state index contributed by atoms with van der Waals surface area (Å²) in [6, 6.07) is 13.9. The van der Waals surface area contributed by atoms with Gasteiger partial charge >= 0.3 is 6.03 Å². The number of hydrogen-bond acceptors (Lipinski definition) is 7. The van der Waals surface area contributed by atoms with Gasteiger partial charge in [0.05, 0.1) is 18.5 Å². The molecule has 9 nitrogen and oxygen atoms in total. The van der Waals surface area contributed by atoms with Crippen molar-refractivity contribution in [1.29, 1.82) is 0 Å². The molecule has 1 atom stereocenters. The topological polar surface area (TPSA) is 86.7 Å². The summed E-state index contributed by atoms with van der Waals surface area (Å²) in [5.41, 5.74) is 4.02. The summed E-state index contributed by atoms with van der Waals surface area (Å²) in [6.07, 6.45) is 4.64. The van der Waals surface area contributed by atoms with E-state index in [0.29, 0.717) is 17.5 Å². The number of rotatable bonds is 4. The maximum atomic E-state index is 13.5. The maximum Gasteiger partial charge on any atom is 0.328 e. The van der Waals surface area contributed by atoms with E-state index in [2.05, 4.69) is 55.4 Å². The molecule has 0 radical (unpaired) electrons. The third kappa shape index (κ3) is 4.71. The average molecular weight is 474 g/mol. The molecule has 0 unspecified atom stereocenters. The molecule has 9 heteroatoms. The number of carbonyl (C=O) groups is 1. The lowest BCUT2D eigenvalue weighted by Crippen LogP contribution is -2.42. The van der Waals surface area contributed by atoms with Crippen LogP contribution in [0.4, 0.5) is 27.8 Å². The molecule has 2 aromatic heterocycles. The van der Waals surface area contributed by atoms with Gasteiger partial charge in [0.2, 0.25) is 5.88 Å². The van der Waals surface area contributed by atoms with Crippen LogP contribution in [0, 0.1) is 0 Å². The summed E-state index contributed by atoms with van der Waals surface area (Å²) in [7, 11) is 3.57. The zero-order valence-electron chi connectivity index (χ0n) is 20.4. The van der Waals surface area contributed by atoms with Gasteiger partial charge in [-0.3, -0.25) is 10.2 Å². The van der Waals surface area contributed by atoms with E-state index in [9.17, 15) is 4.79 Å². The van der Waals surface area contributed by atoms with E-state index >= 15 is 0 Å². The lowest BCUT2D eigenvalue weighted by molar-refractivity contribution is 0.255. The van der Waals surface area contributed by atoms with Crippen molar-refractivity contribution in [2.45, 2.75) is 32.2 Å². The van der Waals surface area contributed by atoms with Gasteiger partial charge in [-0.15, -0.1) is 0 Å². The molecule has 2 aliphatic rings. The highest BCUT2D eigenvalue weighted by Gasteiger charge is 2.31. The van der Waals surface area contributed by atoms with Crippen LogP contribution in [-0.2, 0) is 0 Å². The van der Waals surface area contributed by atoms with Crippen LogP contribution in [-0.4, -0.2) is 60.8 Å². The van der Waals surface area contributed by atoms with Crippen LogP contribution >= 0.6 is 0 Å². The summed E-state index contributed by atoms with van der Waals surface area (Å²) in [4.78, 5) is 33.1. The minimum atomic E-state index is -0.287. The van der Waals surface area contributed by atoms with Crippen LogP contribution in [0.15, 0.2) is 48.8 Å². The molecule has 0 bridgehead atoms. The zero-order valence-corrected chi connectivity index (χ0v) is 20.4. The first-order valence-electron chi connectivity index (χ1n) is 12.1. The highest BCUT2D eigenvalue weighted by molar-refractivity contribution is 6.03. The van der Waals surface area contributed by atoms with Crippen molar-refractivity contribution in [3.63, 3.8) is 0 Å². The predicted octanol–water partition coefficient (Wildman–Crippen LogP) is 4.41. The fourth-order valence-corrected chi connectivity index (χ4v) is 4.74. The Kier molecular flexibility index (Phi) is 6.39. The van der Waals surface area contributed by atoms with E-state index in [0.717, 1.165) is 43.0 Å². The Morgan fingerprint density at radius 3 is 2.71 bits per heavy atom. The predicted molar refractivity (Wildman–Crippen MR) is 139 cm³/mol. The number of pyridine rings is 1. The molecule has 1 aromatic carbocycles. The van der Waals surface area contributed by atoms with Crippen molar-refractivity contribution < 1.29 is 9.53 Å². The van der Waals surface area contributed by atoms with Crippen molar-refractivity contribution in [3.8, 4) is 17.1 Å². The number of amides is 2. The quantitative estimate of drug-likeness (QED) is 0.600. The molecule has 1 N–H and O–H groups in total. The van der Waals surface area contributed by atoms with Crippen LogP contribution in [0.1, 0.15) is 26.2 Å². The molecule has 3 aromatic rings. The highest BCUT2D eigenvalue weighted by Crippen LogP contribution is 2.36. The molecule has 35 heavy (non-hydrogen) atoms. The van der Waals surface area contributed by atoms with Crippen LogP contribution in [0.2, 0.25) is 0 Å². The molecule has 5 rings (SSSR count). The third-order valence-electron chi connectivity index (χ3n) is 6.74. The number of carbonyl (C=O) groups excluding carboxylic acids is 1. The van der Waals surface area contributed by atoms with Crippen molar-refractivity contribution in [1.82, 2.24) is 15.0 Å². The molecule has 182 valence electrons. The van der Waals surface area contributed by atoms with Gasteiger partial charge in [-0.25, -0.2) is 19.7 Å². The smallest absolute Gasteiger partial charge is 0.328 e. The highest BCUT2D eigenvalue weighted by atomic mass is 16.5. The number of urea groups is 1. The molecule has 2 amide bonds. The van der Waals surface area contributed by atoms with Crippen molar-refractivity contribution >= 4 is 29.0 Å². The lowest BCUT2D eigenvalue weighted by atomic mass is 10.1. The Bertz CT molecular complexity index is 1210. The zero-order chi connectivity index (χ0) is 24.4. The SMILES string of the molecule is COc1cc(NC(=O)N2c3nc(-c4cccc(N5CCCC5)c4)ccc3N(C)CC[C@H]2C)ncn1. The summed E-state index contributed by atoms with van der Waals surface area (Å²) in [5, 5.41) is 2.90. The summed E-state index contributed by atoms with van der Waals surface area (Å²) in [5.74, 6) is 1.40. The van der Waals surface area contributed by atoms with Gasteiger partial charge in [0, 0.05) is 50.0 Å². The number of fused-ring (bicyclic) bond motifs is 1. The minimum absolute atomic E-state index is 0.0545. The van der Waals surface area contributed by atoms with E-state index in [-0.39, 0.29) is 12.1 Å². The monoisotopic (exact) mass is 473 g/mol. The molecule has 1 fully saturated rings. The number of methoxy groups -OCH3 is 1.